The van der Waals surface area contributed by atoms with Crippen molar-refractivity contribution in [3.8, 4) is 11.5 Å². The molecule has 4 atom stereocenters. The van der Waals surface area contributed by atoms with Crippen molar-refractivity contribution >= 4 is 11.8 Å². The number of nitrogens with zero attached hydrogens (tertiary/aromatic N) is 1. The lowest BCUT2D eigenvalue weighted by atomic mass is 9.49. The van der Waals surface area contributed by atoms with Gasteiger partial charge in [0.2, 0.25) is 11.8 Å². The first-order valence-electron chi connectivity index (χ1n) is 19.4. The van der Waals surface area contributed by atoms with Gasteiger partial charge in [-0.1, -0.05) is 58.3 Å². The minimum atomic E-state index is -1.07. The molecule has 4 N–H and O–H groups in total. The van der Waals surface area contributed by atoms with Crippen molar-refractivity contribution in [3.05, 3.63) is 34.9 Å². The number of hydrogen-bond acceptors (Lipinski definition) is 7. The summed E-state index contributed by atoms with van der Waals surface area (Å²) in [7, 11) is 1.53. The summed E-state index contributed by atoms with van der Waals surface area (Å²) in [5.41, 5.74) is 1.75. The van der Waals surface area contributed by atoms with Crippen LogP contribution in [0.25, 0.3) is 0 Å². The van der Waals surface area contributed by atoms with Crippen molar-refractivity contribution in [1.82, 2.24) is 10.2 Å². The normalized spacial score (nSPS) is 30.7. The van der Waals surface area contributed by atoms with E-state index in [9.17, 15) is 24.9 Å². The number of hydrogen-bond donors (Lipinski definition) is 4. The molecule has 272 valence electrons. The number of nitrogens with one attached hydrogen (secondary N) is 1. The second-order valence-corrected chi connectivity index (χ2v) is 16.0. The monoisotopic (exact) mass is 680 g/mol. The Balaban J connectivity index is 1.27. The molecule has 9 heteroatoms. The van der Waals surface area contributed by atoms with Gasteiger partial charge < -0.3 is 35.0 Å². The largest absolute Gasteiger partial charge is 0.493 e. The molecule has 0 radical (unpaired) electrons. The predicted molar refractivity (Wildman–Crippen MR) is 188 cm³/mol. The van der Waals surface area contributed by atoms with E-state index in [0.717, 1.165) is 56.3 Å². The van der Waals surface area contributed by atoms with Gasteiger partial charge >= 0.3 is 0 Å². The number of rotatable bonds is 18. The lowest BCUT2D eigenvalue weighted by molar-refractivity contribution is -0.145. The van der Waals surface area contributed by atoms with E-state index in [0.29, 0.717) is 41.2 Å². The minimum absolute atomic E-state index is 0.0446. The number of carbonyl (C=O) groups is 2. The van der Waals surface area contributed by atoms with E-state index in [4.69, 9.17) is 9.47 Å². The molecule has 0 spiro atoms. The summed E-state index contributed by atoms with van der Waals surface area (Å²) in [6.07, 6.45) is 18.2. The number of aliphatic hydroxyl groups excluding tert-OH is 3. The Morgan fingerprint density at radius 1 is 0.959 bits per heavy atom. The maximum atomic E-state index is 14.4. The fraction of sp³-hybridized carbons (Fsp3) is 0.750. The molecule has 0 aromatic heterocycles. The van der Waals surface area contributed by atoms with Crippen LogP contribution < -0.4 is 14.8 Å². The van der Waals surface area contributed by atoms with Crippen molar-refractivity contribution in [3.63, 3.8) is 0 Å². The molecule has 1 aromatic rings. The fourth-order valence-corrected chi connectivity index (χ4v) is 10.6. The molecule has 1 aliphatic heterocycles. The van der Waals surface area contributed by atoms with Crippen LogP contribution in [0.1, 0.15) is 127 Å². The van der Waals surface area contributed by atoms with Gasteiger partial charge in [-0.15, -0.1) is 0 Å². The lowest BCUT2D eigenvalue weighted by Gasteiger charge is -2.58. The molecule has 4 bridgehead atoms. The van der Waals surface area contributed by atoms with Gasteiger partial charge in [-0.2, -0.15) is 0 Å². The number of unbranched alkanes of at least 4 members (excludes halogenated alkanes) is 8. The second kappa shape index (κ2) is 16.2. The maximum absolute atomic E-state index is 14.4. The Morgan fingerprint density at radius 3 is 2.18 bits per heavy atom. The first-order chi connectivity index (χ1) is 23.8. The predicted octanol–water partition coefficient (Wildman–Crippen LogP) is 5.78. The third-order valence-corrected chi connectivity index (χ3v) is 12.3. The smallest absolute Gasteiger partial charge is 0.247 e. The zero-order valence-electron chi connectivity index (χ0n) is 29.8. The van der Waals surface area contributed by atoms with E-state index in [1.807, 2.05) is 17.0 Å². The molecule has 4 saturated carbocycles. The molecule has 4 fully saturated rings. The van der Waals surface area contributed by atoms with Gasteiger partial charge in [0.05, 0.1) is 32.3 Å². The topological polar surface area (TPSA) is 129 Å². The number of methoxy groups -OCH3 is 1. The third-order valence-electron chi connectivity index (χ3n) is 12.3. The maximum Gasteiger partial charge on any atom is 0.247 e. The van der Waals surface area contributed by atoms with Crippen LogP contribution >= 0.6 is 0 Å². The average molecular weight is 681 g/mol. The number of amides is 2. The van der Waals surface area contributed by atoms with E-state index >= 15 is 0 Å². The summed E-state index contributed by atoms with van der Waals surface area (Å²) in [4.78, 5) is 30.2. The van der Waals surface area contributed by atoms with E-state index in [1.165, 1.54) is 64.9 Å². The second-order valence-electron chi connectivity index (χ2n) is 16.0. The summed E-state index contributed by atoms with van der Waals surface area (Å²) in [5, 5.41) is 34.6. The molecular weight excluding hydrogens is 620 g/mol. The van der Waals surface area contributed by atoms with Crippen LogP contribution in [-0.2, 0) is 16.2 Å². The molecule has 6 aliphatic rings. The van der Waals surface area contributed by atoms with Gasteiger partial charge in [0.15, 0.2) is 11.5 Å². The highest BCUT2D eigenvalue weighted by Gasteiger charge is 2.55. The van der Waals surface area contributed by atoms with Crippen molar-refractivity contribution in [2.45, 2.75) is 140 Å². The minimum Gasteiger partial charge on any atom is -0.493 e. The first-order valence-corrected chi connectivity index (χ1v) is 19.4. The molecule has 1 aromatic carbocycles. The number of aliphatic hydroxyl groups is 3. The molecule has 5 aliphatic carbocycles. The highest BCUT2D eigenvalue weighted by Crippen LogP contribution is 2.60. The third kappa shape index (κ3) is 7.84. The summed E-state index contributed by atoms with van der Waals surface area (Å²) in [5.74, 6) is 2.11. The zero-order valence-corrected chi connectivity index (χ0v) is 29.8. The standard InChI is InChI=1S/C40H60N2O7/c1-3-4-5-6-7-8-9-10-11-12-34(45)42(25-40-21-26-15-27(22-40)17-28(16-26)23-40)32-20-31(39(47)41-13-14-43)35-30-18-29(24-44)19-33(48-2)37(30)49-38(35)36(32)46/h18-20,26-28,32,35-36,38,43-44,46H,3-17,21-25H2,1-2H3,(H,41,47). The molecule has 1 heterocycles. The van der Waals surface area contributed by atoms with Gasteiger partial charge in [-0.05, 0) is 91.9 Å². The van der Waals surface area contributed by atoms with Crippen molar-refractivity contribution in [2.24, 2.45) is 23.2 Å². The van der Waals surface area contributed by atoms with Crippen molar-refractivity contribution in [1.29, 1.82) is 0 Å². The first kappa shape index (κ1) is 36.2. The number of ether oxygens (including phenoxy) is 2. The Labute approximate surface area is 292 Å². The van der Waals surface area contributed by atoms with Crippen LogP contribution in [0.5, 0.6) is 11.5 Å². The van der Waals surface area contributed by atoms with E-state index in [2.05, 4.69) is 12.2 Å². The Kier molecular flexibility index (Phi) is 11.9. The van der Waals surface area contributed by atoms with Crippen molar-refractivity contribution < 1.29 is 34.4 Å². The van der Waals surface area contributed by atoms with E-state index in [-0.39, 0.29) is 37.0 Å². The Bertz CT molecular complexity index is 1310. The molecular formula is C40H60N2O7. The highest BCUT2D eigenvalue weighted by molar-refractivity contribution is 5.96. The number of fused-ring (bicyclic) bond motifs is 3. The summed E-state index contributed by atoms with van der Waals surface area (Å²) in [6.45, 7) is 2.50. The van der Waals surface area contributed by atoms with Gasteiger partial charge in [-0.25, -0.2) is 0 Å². The van der Waals surface area contributed by atoms with Crippen LogP contribution in [0.3, 0.4) is 0 Å². The van der Waals surface area contributed by atoms with E-state index in [1.54, 1.807) is 6.07 Å². The van der Waals surface area contributed by atoms with Crippen LogP contribution in [0.2, 0.25) is 0 Å². The summed E-state index contributed by atoms with van der Waals surface area (Å²) in [6, 6.07) is 2.79. The molecule has 4 unspecified atom stereocenters. The van der Waals surface area contributed by atoms with Crippen LogP contribution in [0, 0.1) is 23.2 Å². The molecule has 49 heavy (non-hydrogen) atoms. The summed E-state index contributed by atoms with van der Waals surface area (Å²) >= 11 is 0. The lowest BCUT2D eigenvalue weighted by Crippen LogP contribution is -2.59. The Morgan fingerprint density at radius 2 is 1.59 bits per heavy atom. The van der Waals surface area contributed by atoms with Crippen LogP contribution in [0.4, 0.5) is 0 Å². The average Bonchev–Trinajstić information content (AvgIpc) is 3.48. The van der Waals surface area contributed by atoms with Crippen LogP contribution in [0.15, 0.2) is 23.8 Å². The van der Waals surface area contributed by atoms with Crippen molar-refractivity contribution in [2.75, 3.05) is 26.8 Å². The van der Waals surface area contributed by atoms with Gasteiger partial charge in [-0.3, -0.25) is 9.59 Å². The SMILES string of the molecule is CCCCCCCCCCCC(=O)N(CC12CC3CC(CC(C3)C1)C2)C1C=C(C(=O)NCCO)C2c3cc(CO)cc(OC)c3OC2C1O. The fourth-order valence-electron chi connectivity index (χ4n) is 10.6. The molecule has 7 rings (SSSR count). The van der Waals surface area contributed by atoms with E-state index < -0.39 is 24.2 Å². The molecule has 0 saturated heterocycles. The van der Waals surface area contributed by atoms with Crippen LogP contribution in [-0.4, -0.2) is 77.1 Å². The number of benzene rings is 1. The van der Waals surface area contributed by atoms with Gasteiger partial charge in [0.25, 0.3) is 0 Å². The number of carbonyl (C=O) groups excluding carboxylic acids is 2. The quantitative estimate of drug-likeness (QED) is 0.145. The van der Waals surface area contributed by atoms with Gasteiger partial charge in [0, 0.05) is 30.6 Å². The summed E-state index contributed by atoms with van der Waals surface area (Å²) < 4.78 is 12.1. The highest BCUT2D eigenvalue weighted by atomic mass is 16.5. The molecule has 2 amide bonds. The van der Waals surface area contributed by atoms with Gasteiger partial charge in [0.1, 0.15) is 12.2 Å². The Hall–Kier alpha value is -2.62. The molecule has 9 nitrogen and oxygen atoms in total. The zero-order chi connectivity index (χ0) is 34.5.